The third-order valence-corrected chi connectivity index (χ3v) is 30.0. The van der Waals surface area contributed by atoms with Crippen molar-refractivity contribution in [3.63, 3.8) is 0 Å². The molecule has 9 atom stereocenters. The van der Waals surface area contributed by atoms with Crippen LogP contribution in [-0.4, -0.2) is 130 Å². The van der Waals surface area contributed by atoms with E-state index in [0.29, 0.717) is 16.7 Å². The highest BCUT2D eigenvalue weighted by atomic mass is 28.4. The summed E-state index contributed by atoms with van der Waals surface area (Å²) < 4.78 is 76.6. The van der Waals surface area contributed by atoms with Crippen molar-refractivity contribution in [2.45, 2.75) is 166 Å². The standard InChI is InChI=1S/C82H97N7O21Si2/c1-41-55(102-14)35-46-36-56(41)107-57-34-45(26-32-54(57)101-13)63(89-79(98)108-80(2,3)4)73(91)88-67-69(109-111(17,18)81(5,6)7)42-21-27-48(28-22-42)105-59-37-47-38-60(71(59)104-16)106-49-29-23-43(24-30-49)70(110-112(19,20)82(8,9)10)68-77(95)86-66(78(96)97)52-39-50(99-11)40-58(103-15)61(52)51-33-44(25-31-53(51)100-12)62(72(90)87-68)83-74(92)65(47)84-75(93)64(46)85-76(67)94/h21-40,62-70H,1-20H3,(H,83,92)(H,84,93)(H,85,94)(H,86,95)(H,87,90)(H,88,91)(H,89,98)(H,96,97)/t62-,63+,64+,65-,66+,67-,68+,69-,70-/m1/s1. The van der Waals surface area contributed by atoms with E-state index >= 15 is 28.8 Å². The van der Waals surface area contributed by atoms with Gasteiger partial charge in [0.25, 0.3) is 0 Å². The first-order chi connectivity index (χ1) is 52.7. The largest absolute Gasteiger partial charge is 0.497 e. The van der Waals surface area contributed by atoms with E-state index in [-0.39, 0.29) is 108 Å². The molecule has 0 spiro atoms. The van der Waals surface area contributed by atoms with Crippen LogP contribution in [-0.2, 0) is 47.2 Å². The van der Waals surface area contributed by atoms with Gasteiger partial charge < -0.3 is 98.5 Å². The quantitative estimate of drug-likeness (QED) is 0.0527. The number of rotatable bonds is 12. The maximum absolute atomic E-state index is 16.8. The van der Waals surface area contributed by atoms with Gasteiger partial charge in [-0.15, -0.1) is 0 Å². The number of carbonyl (C=O) groups excluding carboxylic acids is 7. The van der Waals surface area contributed by atoms with Gasteiger partial charge in [0.1, 0.15) is 82.1 Å². The Labute approximate surface area is 652 Å². The van der Waals surface area contributed by atoms with Gasteiger partial charge in [-0.2, -0.15) is 0 Å². The molecule has 28 nitrogen and oxygen atoms in total. The molecule has 0 aliphatic carbocycles. The average molecular weight is 1570 g/mol. The second-order valence-electron chi connectivity index (χ2n) is 31.8. The molecular weight excluding hydrogens is 1480 g/mol. The van der Waals surface area contributed by atoms with Crippen LogP contribution in [0.1, 0.15) is 149 Å². The van der Waals surface area contributed by atoms with Crippen molar-refractivity contribution in [2.75, 3.05) is 42.7 Å². The number of benzene rings is 7. The van der Waals surface area contributed by atoms with E-state index in [9.17, 15) is 14.7 Å². The molecule has 0 radical (unpaired) electrons. The number of aliphatic carboxylic acids is 1. The first kappa shape index (κ1) is 81.6. The molecule has 13 rings (SSSR count). The van der Waals surface area contributed by atoms with Gasteiger partial charge in [-0.25, -0.2) is 9.59 Å². The summed E-state index contributed by atoms with van der Waals surface area (Å²) in [6.07, 6.45) is -3.83. The van der Waals surface area contributed by atoms with Crippen LogP contribution in [0.25, 0.3) is 11.1 Å². The topological polar surface area (TPSA) is 352 Å². The first-order valence-electron chi connectivity index (χ1n) is 36.4. The summed E-state index contributed by atoms with van der Waals surface area (Å²) >= 11 is 0. The van der Waals surface area contributed by atoms with Gasteiger partial charge >= 0.3 is 12.1 Å². The molecule has 0 unspecified atom stereocenters. The zero-order chi connectivity index (χ0) is 81.6. The van der Waals surface area contributed by atoms with E-state index in [4.69, 9.17) is 56.2 Å². The van der Waals surface area contributed by atoms with E-state index < -0.39 is 134 Å². The van der Waals surface area contributed by atoms with Crippen molar-refractivity contribution < 1.29 is 99.7 Å². The summed E-state index contributed by atoms with van der Waals surface area (Å²) in [5, 5.41) is 30.4. The van der Waals surface area contributed by atoms with Crippen molar-refractivity contribution >= 4 is 64.1 Å². The summed E-state index contributed by atoms with van der Waals surface area (Å²) in [6, 6.07) is 17.7. The Morgan fingerprint density at radius 2 is 0.884 bits per heavy atom. The van der Waals surface area contributed by atoms with E-state index in [1.165, 1.54) is 115 Å². The molecule has 8 N–H and O–H groups in total. The third-order valence-electron chi connectivity index (χ3n) is 21.1. The Morgan fingerprint density at radius 3 is 1.38 bits per heavy atom. The third kappa shape index (κ3) is 16.9. The number of carboxylic acid groups (broad SMARTS) is 1. The molecule has 17 bridgehead atoms. The van der Waals surface area contributed by atoms with Crippen molar-refractivity contribution in [1.29, 1.82) is 0 Å². The Kier molecular flexibility index (Phi) is 23.2. The smallest absolute Gasteiger partial charge is 0.408 e. The number of nitrogens with one attached hydrogen (secondary N) is 7. The van der Waals surface area contributed by atoms with Crippen LogP contribution in [0.5, 0.6) is 69.0 Å². The van der Waals surface area contributed by atoms with Gasteiger partial charge in [0, 0.05) is 28.3 Å². The number of carbonyl (C=O) groups is 8. The summed E-state index contributed by atoms with van der Waals surface area (Å²) in [6.45, 7) is 26.3. The molecule has 0 aromatic heterocycles. The van der Waals surface area contributed by atoms with Crippen molar-refractivity contribution in [3.05, 3.63) is 166 Å². The van der Waals surface area contributed by atoms with Crippen LogP contribution in [0.3, 0.4) is 0 Å². The highest BCUT2D eigenvalue weighted by Gasteiger charge is 2.49. The van der Waals surface area contributed by atoms with Gasteiger partial charge in [-0.3, -0.25) is 28.8 Å². The average Bonchev–Trinajstić information content (AvgIpc) is 0.749. The van der Waals surface area contributed by atoms with Crippen LogP contribution in [0.2, 0.25) is 36.3 Å². The minimum Gasteiger partial charge on any atom is -0.497 e. The Morgan fingerprint density at radius 1 is 0.438 bits per heavy atom. The van der Waals surface area contributed by atoms with Crippen LogP contribution in [0, 0.1) is 6.92 Å². The SMILES string of the molecule is COc1cc(OC)c2c(c1)[C@@H](C(=O)O)NC(=O)[C@H]1NC(=O)[C@H](NC(=O)[C@@H]3NC(=O)[C@H]4NC(=O)[C@H](NC(=O)[C@@H](NC(=O)OC(C)(C)C)c5ccc(OC)c(c5)Oc5cc4cc(OC)c5C)[C@H](O[Si](C)(C)C(C)(C)C)c4ccc(cc4)Oc4cc3cc(c4OC)Oc3ccc(cc3)[C@H]1O[Si](C)(C)C(C)(C)C)c1ccc(OC)c-2c1. The summed E-state index contributed by atoms with van der Waals surface area (Å²) in [5.74, 6) is -7.01. The second kappa shape index (κ2) is 31.8. The lowest BCUT2D eigenvalue weighted by Crippen LogP contribution is -2.58. The Bertz CT molecular complexity index is 4840. The van der Waals surface area contributed by atoms with Crippen molar-refractivity contribution in [1.82, 2.24) is 37.2 Å². The minimum absolute atomic E-state index is 0.0148. The predicted molar refractivity (Wildman–Crippen MR) is 418 cm³/mol. The van der Waals surface area contributed by atoms with E-state index in [2.05, 4.69) is 37.2 Å². The Hall–Kier alpha value is -11.3. The zero-order valence-corrected chi connectivity index (χ0v) is 68.4. The fraction of sp³-hybridized carbons (Fsp3) is 0.390. The van der Waals surface area contributed by atoms with Crippen LogP contribution in [0.15, 0.2) is 121 Å². The highest BCUT2D eigenvalue weighted by molar-refractivity contribution is 6.74. The number of alkyl carbamates (subject to hydrolysis) is 1. The molecular formula is C82H97N7O21Si2. The molecule has 6 heterocycles. The molecule has 0 saturated heterocycles. The number of methoxy groups -OCH3 is 6. The maximum atomic E-state index is 16.8. The predicted octanol–water partition coefficient (Wildman–Crippen LogP) is 12.9. The lowest BCUT2D eigenvalue weighted by Gasteiger charge is -2.42. The summed E-state index contributed by atoms with van der Waals surface area (Å²) in [7, 11) is 2.04. The zero-order valence-electron chi connectivity index (χ0n) is 66.4. The minimum atomic E-state index is -3.12. The number of ether oxygens (including phenoxy) is 10. The molecule has 7 amide bonds. The first-order valence-corrected chi connectivity index (χ1v) is 42.2. The second-order valence-corrected chi connectivity index (χ2v) is 41.3. The van der Waals surface area contributed by atoms with Gasteiger partial charge in [0.05, 0.1) is 54.9 Å². The lowest BCUT2D eigenvalue weighted by molar-refractivity contribution is -0.143. The van der Waals surface area contributed by atoms with Gasteiger partial charge in [-0.05, 0) is 176 Å². The molecule has 594 valence electrons. The molecule has 6 aliphatic rings. The normalized spacial score (nSPS) is 20.8. The summed E-state index contributed by atoms with van der Waals surface area (Å²) in [4.78, 5) is 126. The number of amides is 7. The fourth-order valence-electron chi connectivity index (χ4n) is 13.1. The van der Waals surface area contributed by atoms with E-state index in [1.807, 2.05) is 67.7 Å². The molecule has 112 heavy (non-hydrogen) atoms. The lowest BCUT2D eigenvalue weighted by atomic mass is 9.89. The van der Waals surface area contributed by atoms with Gasteiger partial charge in [-0.1, -0.05) is 77.9 Å². The number of hydrogen-bond donors (Lipinski definition) is 8. The highest BCUT2D eigenvalue weighted by Crippen LogP contribution is 2.50. The van der Waals surface area contributed by atoms with Crippen molar-refractivity contribution in [3.8, 4) is 80.1 Å². The molecule has 0 saturated carbocycles. The molecule has 7 aromatic carbocycles. The van der Waals surface area contributed by atoms with E-state index in [1.54, 1.807) is 76.2 Å². The van der Waals surface area contributed by atoms with Crippen LogP contribution >= 0.6 is 0 Å². The number of fused-ring (bicyclic) bond motifs is 14. The monoisotopic (exact) mass is 1570 g/mol. The molecule has 30 heteroatoms. The van der Waals surface area contributed by atoms with Crippen LogP contribution < -0.4 is 79.8 Å². The van der Waals surface area contributed by atoms with Crippen molar-refractivity contribution in [2.24, 2.45) is 0 Å². The molecule has 7 aromatic rings. The number of hydrogen-bond acceptors (Lipinski definition) is 20. The van der Waals surface area contributed by atoms with Gasteiger partial charge in [0.15, 0.2) is 45.7 Å². The van der Waals surface area contributed by atoms with Crippen LogP contribution in [0.4, 0.5) is 4.79 Å². The summed E-state index contributed by atoms with van der Waals surface area (Å²) in [5.41, 5.74) is 0.225. The van der Waals surface area contributed by atoms with Gasteiger partial charge in [0.2, 0.25) is 41.2 Å². The Balaban J connectivity index is 1.21. The maximum Gasteiger partial charge on any atom is 0.408 e. The fourth-order valence-corrected chi connectivity index (χ4v) is 15.6. The molecule has 0 fully saturated rings. The molecule has 6 aliphatic heterocycles. The number of carboxylic acids is 1. The van der Waals surface area contributed by atoms with E-state index in [0.717, 1.165) is 0 Å².